The van der Waals surface area contributed by atoms with Crippen molar-refractivity contribution < 1.29 is 9.53 Å². The second-order valence-corrected chi connectivity index (χ2v) is 10.9. The van der Waals surface area contributed by atoms with Crippen molar-refractivity contribution in [3.8, 4) is 0 Å². The van der Waals surface area contributed by atoms with E-state index in [-0.39, 0.29) is 5.97 Å². The van der Waals surface area contributed by atoms with E-state index in [1.54, 1.807) is 0 Å². The lowest BCUT2D eigenvalue weighted by Gasteiger charge is -2.33. The third-order valence-corrected chi connectivity index (χ3v) is 8.77. The smallest absolute Gasteiger partial charge is 0.330 e. The molecule has 3 heteroatoms. The van der Waals surface area contributed by atoms with Crippen LogP contribution in [0.3, 0.4) is 0 Å². The molecule has 0 fully saturated rings. The molecule has 0 aliphatic rings. The van der Waals surface area contributed by atoms with Gasteiger partial charge < -0.3 is 4.74 Å². The molecular formula is C18H30O2Si. The summed E-state index contributed by atoms with van der Waals surface area (Å²) in [6.45, 7) is 22.4. The first-order valence-electron chi connectivity index (χ1n) is 7.43. The van der Waals surface area contributed by atoms with Crippen LogP contribution in [0.25, 0.3) is 0 Å². The van der Waals surface area contributed by atoms with Crippen LogP contribution in [0, 0.1) is 0 Å². The summed E-state index contributed by atoms with van der Waals surface area (Å²) in [5.41, 5.74) is 3.69. The minimum Gasteiger partial charge on any atom is -0.463 e. The maximum absolute atomic E-state index is 11.1. The molecule has 0 heterocycles. The molecule has 0 saturated heterocycles. The SMILES string of the molecule is C=CC(=O)OCCC[Si](CC(=C)C)(CC(=C)C)CC(=C)C. The lowest BCUT2D eigenvalue weighted by molar-refractivity contribution is -0.137. The largest absolute Gasteiger partial charge is 0.463 e. The van der Waals surface area contributed by atoms with Crippen LogP contribution in [0.4, 0.5) is 0 Å². The van der Waals surface area contributed by atoms with E-state index >= 15 is 0 Å². The quantitative estimate of drug-likeness (QED) is 0.171. The molecule has 0 radical (unpaired) electrons. The molecule has 0 aromatic rings. The number of ether oxygens (including phenoxy) is 1. The first-order valence-corrected chi connectivity index (χ1v) is 10.3. The molecule has 0 aliphatic carbocycles. The Hall–Kier alpha value is -1.35. The van der Waals surface area contributed by atoms with Crippen LogP contribution >= 0.6 is 0 Å². The molecule has 0 N–H and O–H groups in total. The second kappa shape index (κ2) is 9.56. The highest BCUT2D eigenvalue weighted by Crippen LogP contribution is 2.35. The Kier molecular flexibility index (Phi) is 8.94. The average Bonchev–Trinajstić information content (AvgIpc) is 2.31. The molecule has 0 atom stereocenters. The van der Waals surface area contributed by atoms with Crippen molar-refractivity contribution in [3.63, 3.8) is 0 Å². The van der Waals surface area contributed by atoms with Gasteiger partial charge in [-0.05, 0) is 45.3 Å². The molecule has 21 heavy (non-hydrogen) atoms. The van der Waals surface area contributed by atoms with Gasteiger partial charge in [0, 0.05) is 6.08 Å². The molecule has 0 spiro atoms. The van der Waals surface area contributed by atoms with Crippen molar-refractivity contribution in [2.24, 2.45) is 0 Å². The number of hydrogen-bond donors (Lipinski definition) is 0. The number of esters is 1. The molecule has 0 aromatic carbocycles. The third-order valence-electron chi connectivity index (χ3n) is 3.29. The Bertz CT molecular complexity index is 380. The van der Waals surface area contributed by atoms with Crippen molar-refractivity contribution in [2.75, 3.05) is 6.61 Å². The number of carbonyl (C=O) groups excluding carboxylic acids is 1. The molecule has 0 aliphatic heterocycles. The summed E-state index contributed by atoms with van der Waals surface area (Å²) in [5.74, 6) is -0.345. The third kappa shape index (κ3) is 9.24. The highest BCUT2D eigenvalue weighted by atomic mass is 28.3. The van der Waals surface area contributed by atoms with Crippen molar-refractivity contribution in [2.45, 2.75) is 51.4 Å². The van der Waals surface area contributed by atoms with Gasteiger partial charge in [0.15, 0.2) is 0 Å². The average molecular weight is 307 g/mol. The van der Waals surface area contributed by atoms with Crippen LogP contribution in [0.1, 0.15) is 27.2 Å². The summed E-state index contributed by atoms with van der Waals surface area (Å²) in [6, 6.07) is 4.36. The zero-order valence-electron chi connectivity index (χ0n) is 14.0. The fourth-order valence-corrected chi connectivity index (χ4v) is 8.69. The highest BCUT2D eigenvalue weighted by molar-refractivity contribution is 6.81. The summed E-state index contributed by atoms with van der Waals surface area (Å²) in [4.78, 5) is 11.1. The molecule has 0 rings (SSSR count). The Morgan fingerprint density at radius 3 is 1.76 bits per heavy atom. The van der Waals surface area contributed by atoms with Gasteiger partial charge >= 0.3 is 5.97 Å². The zero-order valence-corrected chi connectivity index (χ0v) is 15.0. The number of carbonyl (C=O) groups is 1. The van der Waals surface area contributed by atoms with Gasteiger partial charge in [0.2, 0.25) is 0 Å². The van der Waals surface area contributed by atoms with Crippen molar-refractivity contribution >= 4 is 14.0 Å². The van der Waals surface area contributed by atoms with Crippen LogP contribution in [0.5, 0.6) is 0 Å². The predicted molar refractivity (Wildman–Crippen MR) is 95.2 cm³/mol. The van der Waals surface area contributed by atoms with E-state index in [0.29, 0.717) is 6.61 Å². The summed E-state index contributed by atoms with van der Waals surface area (Å²) >= 11 is 0. The van der Waals surface area contributed by atoms with E-state index < -0.39 is 8.07 Å². The highest BCUT2D eigenvalue weighted by Gasteiger charge is 2.32. The maximum Gasteiger partial charge on any atom is 0.330 e. The van der Waals surface area contributed by atoms with E-state index in [2.05, 4.69) is 47.1 Å². The van der Waals surface area contributed by atoms with Crippen LogP contribution in [-0.4, -0.2) is 20.7 Å². The van der Waals surface area contributed by atoms with E-state index in [1.807, 2.05) is 0 Å². The Morgan fingerprint density at radius 2 is 1.43 bits per heavy atom. The van der Waals surface area contributed by atoms with Crippen molar-refractivity contribution in [3.05, 3.63) is 49.1 Å². The molecule has 0 bridgehead atoms. The normalized spacial score (nSPS) is 10.8. The summed E-state index contributed by atoms with van der Waals surface area (Å²) in [5, 5.41) is 0. The van der Waals surface area contributed by atoms with Gasteiger partial charge in [-0.1, -0.05) is 29.3 Å². The molecule has 0 amide bonds. The van der Waals surface area contributed by atoms with Crippen LogP contribution in [0.2, 0.25) is 24.2 Å². The van der Waals surface area contributed by atoms with Gasteiger partial charge in [-0.2, -0.15) is 0 Å². The molecule has 0 unspecified atom stereocenters. The van der Waals surface area contributed by atoms with Gasteiger partial charge in [-0.25, -0.2) is 4.79 Å². The summed E-state index contributed by atoms with van der Waals surface area (Å²) in [6.07, 6.45) is 2.10. The minimum atomic E-state index is -1.58. The Labute approximate surface area is 131 Å². The lowest BCUT2D eigenvalue weighted by atomic mass is 10.4. The van der Waals surface area contributed by atoms with Crippen LogP contribution in [0.15, 0.2) is 49.1 Å². The van der Waals surface area contributed by atoms with Crippen molar-refractivity contribution in [1.82, 2.24) is 0 Å². The molecule has 0 aromatic heterocycles. The predicted octanol–water partition coefficient (Wildman–Crippen LogP) is 5.28. The van der Waals surface area contributed by atoms with E-state index in [0.717, 1.165) is 30.6 Å². The number of hydrogen-bond acceptors (Lipinski definition) is 2. The molecular weight excluding hydrogens is 276 g/mol. The van der Waals surface area contributed by atoms with Gasteiger partial charge in [-0.3, -0.25) is 0 Å². The molecule has 2 nitrogen and oxygen atoms in total. The first kappa shape index (κ1) is 19.6. The van der Waals surface area contributed by atoms with Gasteiger partial charge in [0.1, 0.15) is 0 Å². The molecule has 118 valence electrons. The van der Waals surface area contributed by atoms with E-state index in [4.69, 9.17) is 4.74 Å². The maximum atomic E-state index is 11.1. The monoisotopic (exact) mass is 306 g/mol. The van der Waals surface area contributed by atoms with E-state index in [1.165, 1.54) is 22.8 Å². The molecule has 0 saturated carbocycles. The van der Waals surface area contributed by atoms with Crippen LogP contribution in [-0.2, 0) is 9.53 Å². The number of rotatable bonds is 11. The Morgan fingerprint density at radius 1 is 1.00 bits per heavy atom. The van der Waals surface area contributed by atoms with Gasteiger partial charge in [-0.15, -0.1) is 19.7 Å². The summed E-state index contributed by atoms with van der Waals surface area (Å²) < 4.78 is 5.10. The van der Waals surface area contributed by atoms with E-state index in [9.17, 15) is 4.79 Å². The number of allylic oxidation sites excluding steroid dienone is 3. The van der Waals surface area contributed by atoms with Crippen molar-refractivity contribution in [1.29, 1.82) is 0 Å². The van der Waals surface area contributed by atoms with Gasteiger partial charge in [0.25, 0.3) is 0 Å². The summed E-state index contributed by atoms with van der Waals surface area (Å²) in [7, 11) is -1.58. The first-order chi connectivity index (χ1) is 9.70. The zero-order chi connectivity index (χ0) is 16.5. The second-order valence-electron chi connectivity index (χ2n) is 6.38. The topological polar surface area (TPSA) is 26.3 Å². The lowest BCUT2D eigenvalue weighted by Crippen LogP contribution is -2.35. The fraction of sp³-hybridized carbons (Fsp3) is 0.500. The standard InChI is InChI=1S/C18H30O2Si/c1-8-18(19)20-10-9-11-21(12-15(2)3,13-16(4)5)14-17(6)7/h8H,1-2,4,6,9-14H2,3,5,7H3. The van der Waals surface area contributed by atoms with Crippen LogP contribution < -0.4 is 0 Å². The minimum absolute atomic E-state index is 0.345. The fourth-order valence-electron chi connectivity index (χ4n) is 3.05. The Balaban J connectivity index is 4.84. The van der Waals surface area contributed by atoms with Gasteiger partial charge in [0.05, 0.1) is 14.7 Å².